The van der Waals surface area contributed by atoms with E-state index in [2.05, 4.69) is 6.92 Å². The summed E-state index contributed by atoms with van der Waals surface area (Å²) in [6.07, 6.45) is 1.43. The number of rotatable bonds is 7. The van der Waals surface area contributed by atoms with Crippen LogP contribution in [0, 0.1) is 10.1 Å². The molecule has 2 atom stereocenters. The van der Waals surface area contributed by atoms with Gasteiger partial charge in [-0.1, -0.05) is 50.2 Å². The third-order valence-corrected chi connectivity index (χ3v) is 5.39. The number of aryl methyl sites for hydroxylation is 1. The van der Waals surface area contributed by atoms with E-state index < -0.39 is 6.04 Å². The van der Waals surface area contributed by atoms with Gasteiger partial charge in [0.1, 0.15) is 5.25 Å². The van der Waals surface area contributed by atoms with Gasteiger partial charge in [0.15, 0.2) is 0 Å². The Bertz CT molecular complexity index is 658. The normalized spacial score (nSPS) is 13.5. The van der Waals surface area contributed by atoms with Crippen LogP contribution in [-0.4, -0.2) is 11.0 Å². The van der Waals surface area contributed by atoms with Gasteiger partial charge in [0, 0.05) is 21.9 Å². The number of nitrogen functional groups attached to an aromatic ring is 1. The summed E-state index contributed by atoms with van der Waals surface area (Å²) in [5, 5.41) is 11.2. The van der Waals surface area contributed by atoms with Gasteiger partial charge >= 0.3 is 0 Å². The predicted octanol–water partition coefficient (Wildman–Crippen LogP) is 4.72. The quantitative estimate of drug-likeness (QED) is 0.345. The number of hydrogen-bond acceptors (Lipinski definition) is 4. The molecule has 0 aliphatic heterocycles. The van der Waals surface area contributed by atoms with Crippen molar-refractivity contribution in [3.05, 3.63) is 69.8 Å². The number of hydrogen-bond donors (Lipinski definition) is 1. The first-order valence-corrected chi connectivity index (χ1v) is 8.68. The summed E-state index contributed by atoms with van der Waals surface area (Å²) >= 11 is 1.48. The number of anilines is 1. The summed E-state index contributed by atoms with van der Waals surface area (Å²) in [7, 11) is 0. The van der Waals surface area contributed by atoms with Crippen LogP contribution in [0.3, 0.4) is 0 Å². The average Bonchev–Trinajstić information content (AvgIpc) is 2.56. The third kappa shape index (κ3) is 4.26. The van der Waals surface area contributed by atoms with Gasteiger partial charge in [-0.05, 0) is 29.7 Å². The minimum Gasteiger partial charge on any atom is -0.398 e. The molecule has 0 amide bonds. The lowest BCUT2D eigenvalue weighted by atomic mass is 10.0. The summed E-state index contributed by atoms with van der Waals surface area (Å²) in [6.45, 7) is 3.95. The Labute approximate surface area is 141 Å². The van der Waals surface area contributed by atoms with Crippen molar-refractivity contribution in [1.82, 2.24) is 0 Å². The summed E-state index contributed by atoms with van der Waals surface area (Å²) in [6, 6.07) is 15.0. The van der Waals surface area contributed by atoms with E-state index in [0.29, 0.717) is 12.1 Å². The van der Waals surface area contributed by atoms with Crippen LogP contribution in [0.2, 0.25) is 0 Å². The van der Waals surface area contributed by atoms with Crippen LogP contribution in [0.15, 0.2) is 53.4 Å². The van der Waals surface area contributed by atoms with Crippen LogP contribution >= 0.6 is 11.8 Å². The van der Waals surface area contributed by atoms with E-state index >= 15 is 0 Å². The third-order valence-electron chi connectivity index (χ3n) is 3.93. The van der Waals surface area contributed by atoms with Crippen LogP contribution in [0.5, 0.6) is 0 Å². The molecular formula is C18H22N2O2S. The fourth-order valence-corrected chi connectivity index (χ4v) is 3.89. The van der Waals surface area contributed by atoms with Crippen LogP contribution < -0.4 is 5.73 Å². The topological polar surface area (TPSA) is 69.2 Å². The van der Waals surface area contributed by atoms with Gasteiger partial charge in [0.05, 0.1) is 0 Å². The number of nitrogens with two attached hydrogens (primary N) is 1. The van der Waals surface area contributed by atoms with Gasteiger partial charge in [0.2, 0.25) is 6.04 Å². The Morgan fingerprint density at radius 2 is 1.78 bits per heavy atom. The Morgan fingerprint density at radius 1 is 1.13 bits per heavy atom. The first-order chi connectivity index (χ1) is 11.1. The van der Waals surface area contributed by atoms with E-state index in [-0.39, 0.29) is 10.2 Å². The molecule has 0 aromatic heterocycles. The maximum atomic E-state index is 11.5. The lowest BCUT2D eigenvalue weighted by molar-refractivity contribution is -0.522. The van der Waals surface area contributed by atoms with E-state index in [1.54, 1.807) is 0 Å². The maximum absolute atomic E-state index is 11.5. The molecule has 2 N–H and O–H groups in total. The zero-order valence-corrected chi connectivity index (χ0v) is 14.3. The smallest absolute Gasteiger partial charge is 0.228 e. The van der Waals surface area contributed by atoms with Gasteiger partial charge in [-0.25, -0.2) is 0 Å². The number of nitrogens with zero attached hydrogens (tertiary/aromatic N) is 1. The molecule has 5 heteroatoms. The highest BCUT2D eigenvalue weighted by Crippen LogP contribution is 2.42. The zero-order chi connectivity index (χ0) is 16.8. The van der Waals surface area contributed by atoms with Crippen molar-refractivity contribution in [3.63, 3.8) is 0 Å². The van der Waals surface area contributed by atoms with Crippen LogP contribution in [0.25, 0.3) is 0 Å². The van der Waals surface area contributed by atoms with E-state index in [1.807, 2.05) is 55.5 Å². The highest BCUT2D eigenvalue weighted by atomic mass is 32.2. The molecule has 2 aromatic carbocycles. The molecule has 2 aromatic rings. The molecule has 0 heterocycles. The van der Waals surface area contributed by atoms with Gasteiger partial charge in [0.25, 0.3) is 0 Å². The lowest BCUT2D eigenvalue weighted by Crippen LogP contribution is -2.25. The first kappa shape index (κ1) is 17.3. The molecule has 0 aliphatic rings. The van der Waals surface area contributed by atoms with E-state index in [4.69, 9.17) is 5.73 Å². The number of nitro groups is 1. The fourth-order valence-electron chi connectivity index (χ4n) is 2.51. The molecule has 0 radical (unpaired) electrons. The molecule has 122 valence electrons. The van der Waals surface area contributed by atoms with Crippen molar-refractivity contribution >= 4 is 17.4 Å². The highest BCUT2D eigenvalue weighted by molar-refractivity contribution is 7.99. The molecule has 0 fully saturated rings. The number of para-hydroxylation sites is 1. The molecule has 0 spiro atoms. The molecule has 2 rings (SSSR count). The highest BCUT2D eigenvalue weighted by Gasteiger charge is 2.32. The monoisotopic (exact) mass is 330 g/mol. The average molecular weight is 330 g/mol. The molecular weight excluding hydrogens is 308 g/mol. The molecule has 0 bridgehead atoms. The standard InChI is InChI=1S/C18H22N2O2S/c1-3-13-9-11-14(12-10-13)18(16(4-2)20(21)22)23-17-8-6-5-7-15(17)19/h5-12,16,18H,3-4,19H2,1-2H3. The second-order valence-electron chi connectivity index (χ2n) is 5.43. The van der Waals surface area contributed by atoms with Gasteiger partial charge in [-0.15, -0.1) is 11.8 Å². The van der Waals surface area contributed by atoms with E-state index in [9.17, 15) is 10.1 Å². The van der Waals surface area contributed by atoms with Gasteiger partial charge in [-0.2, -0.15) is 0 Å². The Balaban J connectivity index is 2.38. The Hall–Kier alpha value is -2.01. The van der Waals surface area contributed by atoms with Crippen LogP contribution in [0.1, 0.15) is 36.6 Å². The van der Waals surface area contributed by atoms with Crippen molar-refractivity contribution < 1.29 is 4.92 Å². The molecule has 0 aliphatic carbocycles. The van der Waals surface area contributed by atoms with Crippen molar-refractivity contribution in [3.8, 4) is 0 Å². The summed E-state index contributed by atoms with van der Waals surface area (Å²) in [4.78, 5) is 12.2. The first-order valence-electron chi connectivity index (χ1n) is 7.80. The molecule has 0 saturated heterocycles. The molecule has 4 nitrogen and oxygen atoms in total. The van der Waals surface area contributed by atoms with Crippen molar-refractivity contribution in [2.45, 2.75) is 42.9 Å². The second kappa shape index (κ2) is 8.02. The Morgan fingerprint density at radius 3 is 2.30 bits per heavy atom. The SMILES string of the molecule is CCc1ccc(C(Sc2ccccc2N)C(CC)[N+](=O)[O-])cc1. The second-order valence-corrected chi connectivity index (χ2v) is 6.62. The van der Waals surface area contributed by atoms with Crippen LogP contribution in [0.4, 0.5) is 5.69 Å². The summed E-state index contributed by atoms with van der Waals surface area (Å²) in [5.41, 5.74) is 8.88. The zero-order valence-electron chi connectivity index (χ0n) is 13.4. The van der Waals surface area contributed by atoms with Crippen molar-refractivity contribution in [2.75, 3.05) is 5.73 Å². The summed E-state index contributed by atoms with van der Waals surface area (Å²) < 4.78 is 0. The van der Waals surface area contributed by atoms with Crippen molar-refractivity contribution in [2.24, 2.45) is 0 Å². The molecule has 0 saturated carbocycles. The summed E-state index contributed by atoms with van der Waals surface area (Å²) in [5.74, 6) is 0. The predicted molar refractivity (Wildman–Crippen MR) is 96.3 cm³/mol. The van der Waals surface area contributed by atoms with Gasteiger partial charge < -0.3 is 5.73 Å². The molecule has 23 heavy (non-hydrogen) atoms. The Kier molecular flexibility index (Phi) is 6.04. The van der Waals surface area contributed by atoms with E-state index in [0.717, 1.165) is 16.9 Å². The largest absolute Gasteiger partial charge is 0.398 e. The van der Waals surface area contributed by atoms with Crippen molar-refractivity contribution in [1.29, 1.82) is 0 Å². The maximum Gasteiger partial charge on any atom is 0.228 e. The number of thioether (sulfide) groups is 1. The van der Waals surface area contributed by atoms with E-state index in [1.165, 1.54) is 17.3 Å². The lowest BCUT2D eigenvalue weighted by Gasteiger charge is -2.21. The van der Waals surface area contributed by atoms with Crippen LogP contribution in [-0.2, 0) is 6.42 Å². The minimum absolute atomic E-state index is 0.176. The minimum atomic E-state index is -0.646. The number of benzene rings is 2. The van der Waals surface area contributed by atoms with Gasteiger partial charge in [-0.3, -0.25) is 10.1 Å². The fraction of sp³-hybridized carbons (Fsp3) is 0.333. The molecule has 2 unspecified atom stereocenters.